The van der Waals surface area contributed by atoms with E-state index in [1.807, 2.05) is 38.1 Å². The Bertz CT molecular complexity index is 767. The van der Waals surface area contributed by atoms with Crippen LogP contribution in [0.2, 0.25) is 0 Å². The van der Waals surface area contributed by atoms with Crippen LogP contribution in [0.3, 0.4) is 0 Å². The highest BCUT2D eigenvalue weighted by Gasteiger charge is 2.34. The highest BCUT2D eigenvalue weighted by Crippen LogP contribution is 2.31. The summed E-state index contributed by atoms with van der Waals surface area (Å²) in [5.74, 6) is -0.682. The van der Waals surface area contributed by atoms with E-state index in [1.165, 1.54) is 5.56 Å². The molecule has 0 unspecified atom stereocenters. The predicted octanol–water partition coefficient (Wildman–Crippen LogP) is 2.21. The van der Waals surface area contributed by atoms with Crippen LogP contribution in [-0.4, -0.2) is 78.5 Å². The minimum absolute atomic E-state index is 0.000165. The number of hydrogen-bond donors (Lipinski definition) is 1. The van der Waals surface area contributed by atoms with Crippen LogP contribution in [0.15, 0.2) is 29.3 Å². The van der Waals surface area contributed by atoms with Gasteiger partial charge >= 0.3 is 0 Å². The van der Waals surface area contributed by atoms with E-state index in [0.717, 1.165) is 49.9 Å². The molecule has 1 saturated carbocycles. The SMILES string of the molecule is CCNC(=S)N1CCN(CCN=CC2C(=O)CC(c3ccc(C)cc3)CC2=O)CC1. The Kier molecular flexibility index (Phi) is 8.10. The topological polar surface area (TPSA) is 65.0 Å². The molecule has 1 saturated heterocycles. The third-order valence-corrected chi connectivity index (χ3v) is 6.33. The van der Waals surface area contributed by atoms with E-state index in [-0.39, 0.29) is 17.5 Å². The molecule has 6 nitrogen and oxygen atoms in total. The number of carbonyl (C=O) groups excluding carboxylic acids is 2. The molecular formula is C23H32N4O2S. The first-order valence-corrected chi connectivity index (χ1v) is 11.3. The second kappa shape index (κ2) is 10.8. The molecule has 2 aliphatic rings. The van der Waals surface area contributed by atoms with Gasteiger partial charge in [0.05, 0.1) is 6.54 Å². The fourth-order valence-electron chi connectivity index (χ4n) is 4.05. The first kappa shape index (κ1) is 22.6. The Balaban J connectivity index is 1.42. The van der Waals surface area contributed by atoms with Crippen LogP contribution < -0.4 is 5.32 Å². The standard InChI is InChI=1S/C23H32N4O2S/c1-3-25-23(30)27-12-10-26(11-13-27)9-8-24-16-20-21(28)14-19(15-22(20)29)18-6-4-17(2)5-7-18/h4-7,16,19-20H,3,8-15H2,1-2H3,(H,25,30). The van der Waals surface area contributed by atoms with Gasteiger partial charge in [-0.2, -0.15) is 0 Å². The van der Waals surface area contributed by atoms with E-state index in [9.17, 15) is 9.59 Å². The minimum Gasteiger partial charge on any atom is -0.363 e. The Morgan fingerprint density at radius 2 is 1.77 bits per heavy atom. The molecule has 1 aliphatic carbocycles. The van der Waals surface area contributed by atoms with Gasteiger partial charge in [-0.3, -0.25) is 19.5 Å². The van der Waals surface area contributed by atoms with Crippen molar-refractivity contribution in [2.45, 2.75) is 32.6 Å². The molecule has 0 radical (unpaired) electrons. The lowest BCUT2D eigenvalue weighted by Crippen LogP contribution is -2.52. The first-order chi connectivity index (χ1) is 14.5. The fourth-order valence-corrected chi connectivity index (χ4v) is 4.38. The van der Waals surface area contributed by atoms with Crippen molar-refractivity contribution in [3.63, 3.8) is 0 Å². The highest BCUT2D eigenvalue weighted by molar-refractivity contribution is 7.80. The van der Waals surface area contributed by atoms with Gasteiger partial charge in [0, 0.05) is 58.3 Å². The van der Waals surface area contributed by atoms with Gasteiger partial charge in [-0.1, -0.05) is 29.8 Å². The van der Waals surface area contributed by atoms with E-state index in [0.29, 0.717) is 19.4 Å². The summed E-state index contributed by atoms with van der Waals surface area (Å²) in [4.78, 5) is 34.1. The number of piperazine rings is 1. The van der Waals surface area contributed by atoms with Crippen molar-refractivity contribution in [2.75, 3.05) is 45.8 Å². The fraction of sp³-hybridized carbons (Fsp3) is 0.565. The van der Waals surface area contributed by atoms with Crippen LogP contribution in [0, 0.1) is 12.8 Å². The molecule has 1 aromatic rings. The molecule has 0 amide bonds. The minimum atomic E-state index is -0.666. The highest BCUT2D eigenvalue weighted by atomic mass is 32.1. The molecule has 3 rings (SSSR count). The molecule has 2 fully saturated rings. The number of thiocarbonyl (C=S) groups is 1. The molecule has 1 N–H and O–H groups in total. The lowest BCUT2D eigenvalue weighted by atomic mass is 9.77. The maximum Gasteiger partial charge on any atom is 0.169 e. The van der Waals surface area contributed by atoms with Crippen molar-refractivity contribution in [3.8, 4) is 0 Å². The van der Waals surface area contributed by atoms with Gasteiger partial charge in [0.1, 0.15) is 17.5 Å². The average molecular weight is 429 g/mol. The summed E-state index contributed by atoms with van der Waals surface area (Å²) in [5, 5.41) is 4.02. The number of hydrogen-bond acceptors (Lipinski definition) is 5. The van der Waals surface area contributed by atoms with Crippen LogP contribution >= 0.6 is 12.2 Å². The van der Waals surface area contributed by atoms with E-state index in [1.54, 1.807) is 6.21 Å². The Hall–Kier alpha value is -2.12. The number of carbonyl (C=O) groups is 2. The van der Waals surface area contributed by atoms with Crippen LogP contribution in [0.1, 0.15) is 36.8 Å². The van der Waals surface area contributed by atoms with Gasteiger partial charge in [-0.25, -0.2) is 0 Å². The van der Waals surface area contributed by atoms with Gasteiger partial charge in [-0.15, -0.1) is 0 Å². The number of benzene rings is 1. The number of nitrogens with zero attached hydrogens (tertiary/aromatic N) is 3. The number of Topliss-reactive ketones (excluding diaryl/α,β-unsaturated/α-hetero) is 2. The lowest BCUT2D eigenvalue weighted by Gasteiger charge is -2.35. The predicted molar refractivity (Wildman–Crippen MR) is 124 cm³/mol. The number of rotatable bonds is 6. The van der Waals surface area contributed by atoms with Crippen molar-refractivity contribution in [1.82, 2.24) is 15.1 Å². The Morgan fingerprint density at radius 1 is 1.13 bits per heavy atom. The van der Waals surface area contributed by atoms with Crippen molar-refractivity contribution < 1.29 is 9.59 Å². The molecule has 0 bridgehead atoms. The third-order valence-electron chi connectivity index (χ3n) is 5.92. The van der Waals surface area contributed by atoms with Gasteiger partial charge in [0.25, 0.3) is 0 Å². The summed E-state index contributed by atoms with van der Waals surface area (Å²) in [5.41, 5.74) is 2.25. The van der Waals surface area contributed by atoms with Crippen molar-refractivity contribution in [1.29, 1.82) is 0 Å². The number of aliphatic imine (C=N–C) groups is 1. The lowest BCUT2D eigenvalue weighted by molar-refractivity contribution is -0.133. The number of aryl methyl sites for hydroxylation is 1. The molecule has 1 heterocycles. The zero-order chi connectivity index (χ0) is 21.5. The molecule has 162 valence electrons. The van der Waals surface area contributed by atoms with Crippen LogP contribution in [0.5, 0.6) is 0 Å². The smallest absolute Gasteiger partial charge is 0.169 e. The van der Waals surface area contributed by atoms with E-state index < -0.39 is 5.92 Å². The second-order valence-electron chi connectivity index (χ2n) is 8.15. The summed E-state index contributed by atoms with van der Waals surface area (Å²) in [6, 6.07) is 8.12. The normalized spacial score (nSPS) is 23.2. The van der Waals surface area contributed by atoms with Crippen LogP contribution in [-0.2, 0) is 9.59 Å². The van der Waals surface area contributed by atoms with Crippen molar-refractivity contribution in [2.24, 2.45) is 10.9 Å². The summed E-state index contributed by atoms with van der Waals surface area (Å²) in [6.07, 6.45) is 2.42. The molecule has 30 heavy (non-hydrogen) atoms. The number of ketones is 2. The average Bonchev–Trinajstić information content (AvgIpc) is 2.73. The molecule has 7 heteroatoms. The van der Waals surface area contributed by atoms with Crippen molar-refractivity contribution >= 4 is 35.1 Å². The zero-order valence-electron chi connectivity index (χ0n) is 18.0. The molecule has 1 aliphatic heterocycles. The second-order valence-corrected chi connectivity index (χ2v) is 8.53. The maximum absolute atomic E-state index is 12.6. The van der Waals surface area contributed by atoms with Crippen LogP contribution in [0.25, 0.3) is 0 Å². The monoisotopic (exact) mass is 428 g/mol. The van der Waals surface area contributed by atoms with Gasteiger partial charge in [0.2, 0.25) is 0 Å². The van der Waals surface area contributed by atoms with E-state index in [2.05, 4.69) is 20.1 Å². The zero-order valence-corrected chi connectivity index (χ0v) is 18.8. The van der Waals surface area contributed by atoms with E-state index >= 15 is 0 Å². The van der Waals surface area contributed by atoms with Crippen LogP contribution in [0.4, 0.5) is 0 Å². The van der Waals surface area contributed by atoms with Crippen molar-refractivity contribution in [3.05, 3.63) is 35.4 Å². The molecule has 0 aromatic heterocycles. The molecule has 0 atom stereocenters. The molecular weight excluding hydrogens is 396 g/mol. The molecule has 1 aromatic carbocycles. The van der Waals surface area contributed by atoms with Gasteiger partial charge in [0.15, 0.2) is 5.11 Å². The first-order valence-electron chi connectivity index (χ1n) is 10.8. The summed E-state index contributed by atoms with van der Waals surface area (Å²) in [6.45, 7) is 10.1. The summed E-state index contributed by atoms with van der Waals surface area (Å²) < 4.78 is 0. The Labute approximate surface area is 184 Å². The quantitative estimate of drug-likeness (QED) is 0.426. The van der Waals surface area contributed by atoms with Gasteiger partial charge in [-0.05, 0) is 37.5 Å². The summed E-state index contributed by atoms with van der Waals surface area (Å²) in [7, 11) is 0. The third kappa shape index (κ3) is 5.95. The molecule has 0 spiro atoms. The summed E-state index contributed by atoms with van der Waals surface area (Å²) >= 11 is 5.37. The Morgan fingerprint density at radius 3 is 2.37 bits per heavy atom. The number of nitrogens with one attached hydrogen (secondary N) is 1. The van der Waals surface area contributed by atoms with Gasteiger partial charge < -0.3 is 10.2 Å². The van der Waals surface area contributed by atoms with E-state index in [4.69, 9.17) is 12.2 Å². The maximum atomic E-state index is 12.6. The largest absolute Gasteiger partial charge is 0.363 e.